The second-order valence-corrected chi connectivity index (χ2v) is 2.49. The molecule has 0 fully saturated rings. The summed E-state index contributed by atoms with van der Waals surface area (Å²) in [6, 6.07) is 0. The molecule has 0 heterocycles. The number of halogens is 3. The highest BCUT2D eigenvalue weighted by Gasteiger charge is 2.26. The summed E-state index contributed by atoms with van der Waals surface area (Å²) in [6.45, 7) is -0.127. The van der Waals surface area contributed by atoms with Crippen molar-refractivity contribution in [3.63, 3.8) is 0 Å². The first-order valence-corrected chi connectivity index (χ1v) is 4.02. The molecule has 0 radical (unpaired) electrons. The normalized spacial score (nSPS) is 12.0. The van der Waals surface area contributed by atoms with Gasteiger partial charge in [-0.3, -0.25) is 0 Å². The van der Waals surface area contributed by atoms with Gasteiger partial charge in [0.15, 0.2) is 0 Å². The van der Waals surface area contributed by atoms with Crippen LogP contribution in [-0.4, -0.2) is 44.2 Å². The molecule has 0 aliphatic carbocycles. The van der Waals surface area contributed by atoms with E-state index in [1.165, 1.54) is 0 Å². The third kappa shape index (κ3) is 11.7. The molecule has 0 aromatic rings. The lowest BCUT2D eigenvalue weighted by Crippen LogP contribution is -2.24. The highest BCUT2D eigenvalue weighted by Crippen LogP contribution is 2.13. The number of nitrogens with one attached hydrogen (secondary N) is 1. The number of aliphatic hydroxyl groups excluding tert-OH is 1. The van der Waals surface area contributed by atoms with Crippen LogP contribution >= 0.6 is 0 Å². The molecule has 0 rings (SSSR count). The van der Waals surface area contributed by atoms with Crippen molar-refractivity contribution in [2.24, 2.45) is 0 Å². The lowest BCUT2D eigenvalue weighted by molar-refractivity contribution is -0.173. The molecule has 0 saturated heterocycles. The van der Waals surface area contributed by atoms with E-state index in [1.54, 1.807) is 0 Å². The van der Waals surface area contributed by atoms with E-state index >= 15 is 0 Å². The summed E-state index contributed by atoms with van der Waals surface area (Å²) in [5.41, 5.74) is 0. The van der Waals surface area contributed by atoms with E-state index in [0.29, 0.717) is 19.5 Å². The van der Waals surface area contributed by atoms with Crippen LogP contribution in [0.3, 0.4) is 0 Å². The minimum Gasteiger partial charge on any atom is -0.396 e. The largest absolute Gasteiger partial charge is 0.411 e. The minimum atomic E-state index is -4.24. The second-order valence-electron chi connectivity index (χ2n) is 2.49. The Hall–Kier alpha value is -0.330. The van der Waals surface area contributed by atoms with Crippen LogP contribution in [0.4, 0.5) is 13.2 Å². The fourth-order valence-corrected chi connectivity index (χ4v) is 0.661. The van der Waals surface area contributed by atoms with Crippen LogP contribution in [0.25, 0.3) is 0 Å². The maximum Gasteiger partial charge on any atom is 0.411 e. The van der Waals surface area contributed by atoms with Crippen LogP contribution in [0, 0.1) is 0 Å². The van der Waals surface area contributed by atoms with Gasteiger partial charge < -0.3 is 15.2 Å². The molecule has 80 valence electrons. The summed E-state index contributed by atoms with van der Waals surface area (Å²) in [5.74, 6) is 0. The topological polar surface area (TPSA) is 41.5 Å². The third-order valence-corrected chi connectivity index (χ3v) is 1.20. The van der Waals surface area contributed by atoms with Gasteiger partial charge >= 0.3 is 6.18 Å². The average molecular weight is 201 g/mol. The van der Waals surface area contributed by atoms with Gasteiger partial charge in [0.1, 0.15) is 6.61 Å². The van der Waals surface area contributed by atoms with Crippen molar-refractivity contribution in [1.82, 2.24) is 5.32 Å². The minimum absolute atomic E-state index is 0.0327. The lowest BCUT2D eigenvalue weighted by Gasteiger charge is -2.07. The zero-order valence-corrected chi connectivity index (χ0v) is 7.23. The fraction of sp³-hybridized carbons (Fsp3) is 1.00. The van der Waals surface area contributed by atoms with Gasteiger partial charge in [-0.25, -0.2) is 0 Å². The molecule has 0 saturated carbocycles. The van der Waals surface area contributed by atoms with Gasteiger partial charge in [-0.2, -0.15) is 13.2 Å². The Kier molecular flexibility index (Phi) is 6.93. The Morgan fingerprint density at radius 2 is 1.92 bits per heavy atom. The van der Waals surface area contributed by atoms with Crippen molar-refractivity contribution in [2.45, 2.75) is 12.6 Å². The van der Waals surface area contributed by atoms with Gasteiger partial charge in [-0.05, 0) is 13.0 Å². The molecule has 0 aliphatic rings. The number of aliphatic hydroxyl groups is 1. The molecule has 3 nitrogen and oxygen atoms in total. The van der Waals surface area contributed by atoms with Gasteiger partial charge in [0.05, 0.1) is 6.61 Å². The van der Waals surface area contributed by atoms with E-state index in [4.69, 9.17) is 5.11 Å². The zero-order chi connectivity index (χ0) is 10.2. The molecule has 2 N–H and O–H groups in total. The summed E-state index contributed by atoms with van der Waals surface area (Å²) < 4.78 is 38.8. The summed E-state index contributed by atoms with van der Waals surface area (Å²) in [6.07, 6.45) is -3.65. The molecular weight excluding hydrogens is 187 g/mol. The Morgan fingerprint density at radius 1 is 1.23 bits per heavy atom. The van der Waals surface area contributed by atoms with Crippen LogP contribution in [-0.2, 0) is 4.74 Å². The molecule has 0 aliphatic heterocycles. The Balaban J connectivity index is 3.00. The summed E-state index contributed by atoms with van der Waals surface area (Å²) in [5, 5.41) is 11.2. The molecule has 0 amide bonds. The van der Waals surface area contributed by atoms with Gasteiger partial charge in [0.2, 0.25) is 0 Å². The lowest BCUT2D eigenvalue weighted by atomic mass is 10.4. The predicted molar refractivity (Wildman–Crippen MR) is 41.4 cm³/mol. The van der Waals surface area contributed by atoms with E-state index < -0.39 is 12.8 Å². The number of hydrogen-bond acceptors (Lipinski definition) is 3. The fourth-order valence-electron chi connectivity index (χ4n) is 0.661. The Bertz CT molecular complexity index is 119. The van der Waals surface area contributed by atoms with Crippen molar-refractivity contribution >= 4 is 0 Å². The van der Waals surface area contributed by atoms with Gasteiger partial charge in [0, 0.05) is 13.2 Å². The van der Waals surface area contributed by atoms with Crippen molar-refractivity contribution in [2.75, 3.05) is 32.9 Å². The van der Waals surface area contributed by atoms with Crippen LogP contribution in [0.15, 0.2) is 0 Å². The molecule has 0 bridgehead atoms. The standard InChI is InChI=1S/C7H14F3NO2/c8-7(9,10)6-13-5-3-11-2-1-4-12/h11-12H,1-6H2. The van der Waals surface area contributed by atoms with Crippen LogP contribution in [0.1, 0.15) is 6.42 Å². The molecule has 13 heavy (non-hydrogen) atoms. The third-order valence-electron chi connectivity index (χ3n) is 1.20. The Labute approximate surface area is 74.9 Å². The first kappa shape index (κ1) is 12.7. The highest BCUT2D eigenvalue weighted by atomic mass is 19.4. The smallest absolute Gasteiger partial charge is 0.396 e. The first-order valence-electron chi connectivity index (χ1n) is 4.02. The van der Waals surface area contributed by atoms with Gasteiger partial charge in [-0.1, -0.05) is 0 Å². The highest BCUT2D eigenvalue weighted by molar-refractivity contribution is 4.48. The second kappa shape index (κ2) is 7.11. The molecule has 6 heteroatoms. The molecule has 0 unspecified atom stereocenters. The quantitative estimate of drug-likeness (QED) is 0.590. The van der Waals surface area contributed by atoms with Gasteiger partial charge in [-0.15, -0.1) is 0 Å². The summed E-state index contributed by atoms with van der Waals surface area (Å²) in [4.78, 5) is 0. The van der Waals surface area contributed by atoms with Crippen molar-refractivity contribution < 1.29 is 23.0 Å². The molecule has 0 aromatic heterocycles. The first-order chi connectivity index (χ1) is 6.06. The SMILES string of the molecule is OCCCNCCOCC(F)(F)F. The van der Waals surface area contributed by atoms with Crippen molar-refractivity contribution in [3.8, 4) is 0 Å². The number of hydrogen-bond donors (Lipinski definition) is 2. The predicted octanol–water partition coefficient (Wildman–Crippen LogP) is 0.537. The van der Waals surface area contributed by atoms with E-state index in [0.717, 1.165) is 0 Å². The number of ether oxygens (including phenoxy) is 1. The molecule has 0 aromatic carbocycles. The van der Waals surface area contributed by atoms with E-state index in [1.807, 2.05) is 0 Å². The number of alkyl halides is 3. The van der Waals surface area contributed by atoms with Crippen LogP contribution in [0.5, 0.6) is 0 Å². The maximum atomic E-state index is 11.5. The summed E-state index contributed by atoms with van der Waals surface area (Å²) in [7, 11) is 0. The summed E-state index contributed by atoms with van der Waals surface area (Å²) >= 11 is 0. The van der Waals surface area contributed by atoms with E-state index in [9.17, 15) is 13.2 Å². The van der Waals surface area contributed by atoms with Crippen molar-refractivity contribution in [3.05, 3.63) is 0 Å². The Morgan fingerprint density at radius 3 is 2.46 bits per heavy atom. The zero-order valence-electron chi connectivity index (χ0n) is 7.23. The molecular formula is C7H14F3NO2. The average Bonchev–Trinajstić information content (AvgIpc) is 2.01. The van der Waals surface area contributed by atoms with E-state index in [-0.39, 0.29) is 13.2 Å². The maximum absolute atomic E-state index is 11.5. The van der Waals surface area contributed by atoms with Crippen molar-refractivity contribution in [1.29, 1.82) is 0 Å². The molecule has 0 atom stereocenters. The van der Waals surface area contributed by atoms with Crippen LogP contribution < -0.4 is 5.32 Å². The monoisotopic (exact) mass is 201 g/mol. The van der Waals surface area contributed by atoms with Crippen LogP contribution in [0.2, 0.25) is 0 Å². The van der Waals surface area contributed by atoms with E-state index in [2.05, 4.69) is 10.1 Å². The number of rotatable bonds is 7. The molecule has 0 spiro atoms. The van der Waals surface area contributed by atoms with Gasteiger partial charge in [0.25, 0.3) is 0 Å².